The first-order valence-electron chi connectivity index (χ1n) is 6.02. The molecule has 0 saturated heterocycles. The van der Waals surface area contributed by atoms with E-state index in [4.69, 9.17) is 10.5 Å². The van der Waals surface area contributed by atoms with Crippen molar-refractivity contribution in [3.63, 3.8) is 0 Å². The molecule has 1 aromatic carbocycles. The summed E-state index contributed by atoms with van der Waals surface area (Å²) in [6.45, 7) is 4.54. The first-order chi connectivity index (χ1) is 8.60. The predicted molar refractivity (Wildman–Crippen MR) is 71.5 cm³/mol. The highest BCUT2D eigenvalue weighted by molar-refractivity contribution is 5.36. The molecule has 1 aromatic heterocycles. The number of aromatic nitrogens is 2. The molecule has 96 valence electrons. The van der Waals surface area contributed by atoms with Gasteiger partial charge in [-0.2, -0.15) is 5.10 Å². The van der Waals surface area contributed by atoms with E-state index in [1.54, 1.807) is 10.9 Å². The van der Waals surface area contributed by atoms with Crippen LogP contribution in [0.3, 0.4) is 0 Å². The lowest BCUT2D eigenvalue weighted by Crippen LogP contribution is -2.18. The van der Waals surface area contributed by atoms with Crippen molar-refractivity contribution in [2.45, 2.75) is 20.0 Å². The summed E-state index contributed by atoms with van der Waals surface area (Å²) in [4.78, 5) is 0. The van der Waals surface area contributed by atoms with Crippen molar-refractivity contribution in [3.8, 4) is 5.75 Å². The number of ether oxygens (including phenoxy) is 1. The van der Waals surface area contributed by atoms with E-state index < -0.39 is 0 Å². The van der Waals surface area contributed by atoms with Crippen molar-refractivity contribution in [3.05, 3.63) is 47.3 Å². The van der Waals surface area contributed by atoms with E-state index in [9.17, 15) is 0 Å². The minimum Gasteiger partial charge on any atom is -0.484 e. The van der Waals surface area contributed by atoms with Gasteiger partial charge >= 0.3 is 0 Å². The zero-order valence-electron chi connectivity index (χ0n) is 11.1. The van der Waals surface area contributed by atoms with E-state index in [2.05, 4.69) is 18.1 Å². The smallest absolute Gasteiger partial charge is 0.139 e. The van der Waals surface area contributed by atoms with Crippen LogP contribution in [0.1, 0.15) is 22.8 Å². The molecule has 2 rings (SSSR count). The van der Waals surface area contributed by atoms with Crippen LogP contribution in [-0.4, -0.2) is 16.3 Å². The number of hydrogen-bond donors (Lipinski definition) is 1. The Balaban J connectivity index is 2.20. The van der Waals surface area contributed by atoms with Gasteiger partial charge in [-0.3, -0.25) is 4.68 Å². The lowest BCUT2D eigenvalue weighted by atomic mass is 10.1. The Kier molecular flexibility index (Phi) is 3.67. The zero-order valence-corrected chi connectivity index (χ0v) is 11.1. The van der Waals surface area contributed by atoms with E-state index in [1.165, 1.54) is 5.56 Å². The van der Waals surface area contributed by atoms with Crippen molar-refractivity contribution < 1.29 is 4.74 Å². The minimum absolute atomic E-state index is 0.153. The Bertz CT molecular complexity index is 534. The Morgan fingerprint density at radius 3 is 2.72 bits per heavy atom. The second-order valence-electron chi connectivity index (χ2n) is 4.56. The molecule has 2 N–H and O–H groups in total. The van der Waals surface area contributed by atoms with Gasteiger partial charge in [-0.1, -0.05) is 17.7 Å². The van der Waals surface area contributed by atoms with Crippen molar-refractivity contribution in [2.24, 2.45) is 12.8 Å². The molecule has 0 bridgehead atoms. The van der Waals surface area contributed by atoms with Gasteiger partial charge in [-0.15, -0.1) is 0 Å². The third kappa shape index (κ3) is 2.71. The maximum Gasteiger partial charge on any atom is 0.139 e. The number of hydrogen-bond acceptors (Lipinski definition) is 3. The first-order valence-corrected chi connectivity index (χ1v) is 6.02. The predicted octanol–water partition coefficient (Wildman–Crippen LogP) is 2.12. The van der Waals surface area contributed by atoms with Crippen molar-refractivity contribution in [1.29, 1.82) is 0 Å². The summed E-state index contributed by atoms with van der Waals surface area (Å²) in [6.07, 6.45) is 3.57. The molecule has 1 unspecified atom stereocenters. The number of rotatable bonds is 4. The van der Waals surface area contributed by atoms with Crippen LogP contribution in [0.15, 0.2) is 30.6 Å². The number of benzene rings is 1. The summed E-state index contributed by atoms with van der Waals surface area (Å²) < 4.78 is 7.72. The molecular weight excluding hydrogens is 226 g/mol. The quantitative estimate of drug-likeness (QED) is 0.897. The maximum absolute atomic E-state index is 5.97. The van der Waals surface area contributed by atoms with Crippen LogP contribution in [0.5, 0.6) is 5.75 Å². The lowest BCUT2D eigenvalue weighted by molar-refractivity contribution is 0.212. The highest BCUT2D eigenvalue weighted by Crippen LogP contribution is 2.25. The van der Waals surface area contributed by atoms with Gasteiger partial charge in [-0.25, -0.2) is 0 Å². The van der Waals surface area contributed by atoms with Gasteiger partial charge in [0, 0.05) is 25.4 Å². The van der Waals surface area contributed by atoms with Gasteiger partial charge in [0.25, 0.3) is 0 Å². The van der Waals surface area contributed by atoms with Crippen molar-refractivity contribution in [2.75, 3.05) is 6.54 Å². The highest BCUT2D eigenvalue weighted by atomic mass is 16.5. The second-order valence-corrected chi connectivity index (χ2v) is 4.56. The molecule has 4 heteroatoms. The third-order valence-corrected chi connectivity index (χ3v) is 2.91. The molecule has 1 heterocycles. The van der Waals surface area contributed by atoms with E-state index in [0.29, 0.717) is 6.54 Å². The molecule has 0 aliphatic carbocycles. The summed E-state index contributed by atoms with van der Waals surface area (Å²) in [5.74, 6) is 0.875. The van der Waals surface area contributed by atoms with E-state index in [1.807, 2.05) is 32.3 Å². The summed E-state index contributed by atoms with van der Waals surface area (Å²) in [6, 6.07) is 6.13. The van der Waals surface area contributed by atoms with E-state index in [-0.39, 0.29) is 6.10 Å². The SMILES string of the molecule is Cc1ccc(OC(CN)c2cnn(C)c2)c(C)c1. The first kappa shape index (κ1) is 12.6. The zero-order chi connectivity index (χ0) is 13.1. The third-order valence-electron chi connectivity index (χ3n) is 2.91. The average Bonchev–Trinajstić information content (AvgIpc) is 2.75. The highest BCUT2D eigenvalue weighted by Gasteiger charge is 2.14. The van der Waals surface area contributed by atoms with Crippen LogP contribution in [-0.2, 0) is 7.05 Å². The maximum atomic E-state index is 5.97. The Labute approximate surface area is 107 Å². The second kappa shape index (κ2) is 5.23. The van der Waals surface area contributed by atoms with Crippen LogP contribution in [0, 0.1) is 13.8 Å². The van der Waals surface area contributed by atoms with Gasteiger partial charge in [0.2, 0.25) is 0 Å². The van der Waals surface area contributed by atoms with Crippen LogP contribution in [0.4, 0.5) is 0 Å². The Morgan fingerprint density at radius 1 is 1.39 bits per heavy atom. The van der Waals surface area contributed by atoms with Crippen LogP contribution < -0.4 is 10.5 Å². The molecule has 4 nitrogen and oxygen atoms in total. The number of nitrogens with zero attached hydrogens (tertiary/aromatic N) is 2. The summed E-state index contributed by atoms with van der Waals surface area (Å²) in [7, 11) is 1.88. The minimum atomic E-state index is -0.153. The summed E-state index contributed by atoms with van der Waals surface area (Å²) in [5.41, 5.74) is 9.13. The topological polar surface area (TPSA) is 53.1 Å². The fraction of sp³-hybridized carbons (Fsp3) is 0.357. The fourth-order valence-electron chi connectivity index (χ4n) is 1.94. The molecule has 2 aromatic rings. The van der Waals surface area contributed by atoms with Crippen LogP contribution in [0.25, 0.3) is 0 Å². The van der Waals surface area contributed by atoms with Crippen molar-refractivity contribution in [1.82, 2.24) is 9.78 Å². The largest absolute Gasteiger partial charge is 0.484 e. The molecule has 0 radical (unpaired) electrons. The normalized spacial score (nSPS) is 12.4. The van der Waals surface area contributed by atoms with Gasteiger partial charge in [-0.05, 0) is 25.5 Å². The van der Waals surface area contributed by atoms with Gasteiger partial charge in [0.1, 0.15) is 11.9 Å². The molecule has 0 aliphatic rings. The van der Waals surface area contributed by atoms with E-state index in [0.717, 1.165) is 16.9 Å². The van der Waals surface area contributed by atoms with Gasteiger partial charge in [0.05, 0.1) is 6.20 Å². The Morgan fingerprint density at radius 2 is 2.17 bits per heavy atom. The molecule has 1 atom stereocenters. The van der Waals surface area contributed by atoms with Gasteiger partial charge < -0.3 is 10.5 Å². The van der Waals surface area contributed by atoms with Gasteiger partial charge in [0.15, 0.2) is 0 Å². The summed E-state index contributed by atoms with van der Waals surface area (Å²) in [5, 5.41) is 4.14. The lowest BCUT2D eigenvalue weighted by Gasteiger charge is -2.17. The average molecular weight is 245 g/mol. The molecule has 0 aliphatic heterocycles. The Hall–Kier alpha value is -1.81. The molecule has 0 spiro atoms. The fourth-order valence-corrected chi connectivity index (χ4v) is 1.94. The molecular formula is C14H19N3O. The number of aryl methyl sites for hydroxylation is 3. The van der Waals surface area contributed by atoms with Crippen molar-refractivity contribution >= 4 is 0 Å². The summed E-state index contributed by atoms with van der Waals surface area (Å²) >= 11 is 0. The molecule has 0 amide bonds. The van der Waals surface area contributed by atoms with Crippen LogP contribution in [0.2, 0.25) is 0 Å². The molecule has 0 saturated carbocycles. The van der Waals surface area contributed by atoms with Crippen LogP contribution >= 0.6 is 0 Å². The molecule has 18 heavy (non-hydrogen) atoms. The standard InChI is InChI=1S/C14H19N3O/c1-10-4-5-13(11(2)6-10)18-14(7-15)12-8-16-17(3)9-12/h4-6,8-9,14H,7,15H2,1-3H3. The number of nitrogens with two attached hydrogens (primary N) is 1. The van der Waals surface area contributed by atoms with E-state index >= 15 is 0 Å². The monoisotopic (exact) mass is 245 g/mol. The molecule has 0 fully saturated rings.